The molecule has 4 unspecified atom stereocenters. The third-order valence-corrected chi connectivity index (χ3v) is 4.62. The van der Waals surface area contributed by atoms with Gasteiger partial charge in [0.05, 0.1) is 6.26 Å². The number of hydrogen-bond donors (Lipinski definition) is 1. The Kier molecular flexibility index (Phi) is 5.06. The van der Waals surface area contributed by atoms with Crippen LogP contribution in [-0.2, 0) is 6.42 Å². The molecule has 2 rings (SSSR count). The van der Waals surface area contributed by atoms with Crippen molar-refractivity contribution in [1.82, 2.24) is 10.2 Å². The van der Waals surface area contributed by atoms with E-state index in [9.17, 15) is 0 Å². The molecule has 3 heteroatoms. The Bertz CT molecular complexity index is 363. The van der Waals surface area contributed by atoms with Gasteiger partial charge in [-0.3, -0.25) is 4.90 Å². The molecule has 0 saturated carbocycles. The van der Waals surface area contributed by atoms with Gasteiger partial charge >= 0.3 is 0 Å². The number of furan rings is 1. The zero-order valence-corrected chi connectivity index (χ0v) is 12.7. The van der Waals surface area contributed by atoms with E-state index in [2.05, 4.69) is 44.0 Å². The van der Waals surface area contributed by atoms with E-state index in [1.54, 1.807) is 6.26 Å². The lowest BCUT2D eigenvalue weighted by Crippen LogP contribution is -2.59. The Morgan fingerprint density at radius 2 is 2.26 bits per heavy atom. The number of piperazine rings is 1. The Hall–Kier alpha value is -0.800. The number of rotatable bonds is 5. The van der Waals surface area contributed by atoms with E-state index in [1.807, 2.05) is 6.07 Å². The van der Waals surface area contributed by atoms with Gasteiger partial charge in [-0.2, -0.15) is 0 Å². The van der Waals surface area contributed by atoms with Crippen molar-refractivity contribution in [1.29, 1.82) is 0 Å². The maximum Gasteiger partial charge on any atom is 0.105 e. The Balaban J connectivity index is 1.96. The third kappa shape index (κ3) is 3.61. The Morgan fingerprint density at radius 1 is 1.47 bits per heavy atom. The lowest BCUT2D eigenvalue weighted by Gasteiger charge is -2.44. The molecule has 4 atom stereocenters. The molecule has 1 aliphatic rings. The van der Waals surface area contributed by atoms with Gasteiger partial charge in [0, 0.05) is 37.6 Å². The van der Waals surface area contributed by atoms with Crippen LogP contribution >= 0.6 is 0 Å². The van der Waals surface area contributed by atoms with Gasteiger partial charge in [0.2, 0.25) is 0 Å². The monoisotopic (exact) mass is 264 g/mol. The fourth-order valence-corrected chi connectivity index (χ4v) is 3.03. The first-order valence-electron chi connectivity index (χ1n) is 7.63. The topological polar surface area (TPSA) is 28.4 Å². The second-order valence-electron chi connectivity index (χ2n) is 6.08. The smallest absolute Gasteiger partial charge is 0.105 e. The molecule has 3 nitrogen and oxygen atoms in total. The summed E-state index contributed by atoms with van der Waals surface area (Å²) in [6, 6.07) is 5.82. The minimum atomic E-state index is 0.537. The second-order valence-corrected chi connectivity index (χ2v) is 6.08. The molecule has 0 bridgehead atoms. The minimum Gasteiger partial charge on any atom is -0.469 e. The SMILES string of the molecule is CCC(C)C1CN(C(C)Cc2ccco2)C(C)CN1. The van der Waals surface area contributed by atoms with E-state index in [0.29, 0.717) is 18.1 Å². The van der Waals surface area contributed by atoms with Gasteiger partial charge in [-0.1, -0.05) is 20.3 Å². The highest BCUT2D eigenvalue weighted by atomic mass is 16.3. The molecule has 19 heavy (non-hydrogen) atoms. The van der Waals surface area contributed by atoms with E-state index in [4.69, 9.17) is 4.42 Å². The molecule has 0 radical (unpaired) electrons. The van der Waals surface area contributed by atoms with Crippen molar-refractivity contribution in [3.63, 3.8) is 0 Å². The summed E-state index contributed by atoms with van der Waals surface area (Å²) in [5, 5.41) is 3.70. The molecule has 2 heterocycles. The summed E-state index contributed by atoms with van der Waals surface area (Å²) < 4.78 is 5.48. The summed E-state index contributed by atoms with van der Waals surface area (Å²) in [5.74, 6) is 1.84. The Morgan fingerprint density at radius 3 is 2.89 bits per heavy atom. The van der Waals surface area contributed by atoms with Crippen LogP contribution in [0, 0.1) is 5.92 Å². The summed E-state index contributed by atoms with van der Waals surface area (Å²) in [4.78, 5) is 2.63. The second kappa shape index (κ2) is 6.58. The number of hydrogen-bond acceptors (Lipinski definition) is 3. The van der Waals surface area contributed by atoms with Gasteiger partial charge < -0.3 is 9.73 Å². The maximum absolute atomic E-state index is 5.48. The number of nitrogens with one attached hydrogen (secondary N) is 1. The highest BCUT2D eigenvalue weighted by Crippen LogP contribution is 2.19. The summed E-state index contributed by atoms with van der Waals surface area (Å²) >= 11 is 0. The third-order valence-electron chi connectivity index (χ3n) is 4.62. The molecule has 1 aliphatic heterocycles. The average molecular weight is 264 g/mol. The van der Waals surface area contributed by atoms with Crippen LogP contribution < -0.4 is 5.32 Å². The van der Waals surface area contributed by atoms with E-state index >= 15 is 0 Å². The standard InChI is InChI=1S/C16H28N2O/c1-5-12(2)16-11-18(14(4)10-17-16)13(3)9-15-7-6-8-19-15/h6-8,12-14,16-17H,5,9-11H2,1-4H3. The molecule has 108 valence electrons. The largest absolute Gasteiger partial charge is 0.469 e. The van der Waals surface area contributed by atoms with Crippen molar-refractivity contribution in [2.75, 3.05) is 13.1 Å². The highest BCUT2D eigenvalue weighted by Gasteiger charge is 2.30. The molecule has 0 spiro atoms. The molecule has 1 saturated heterocycles. The molecule has 1 aromatic heterocycles. The first-order valence-corrected chi connectivity index (χ1v) is 7.63. The molecule has 1 aromatic rings. The van der Waals surface area contributed by atoms with E-state index < -0.39 is 0 Å². The first kappa shape index (κ1) is 14.6. The van der Waals surface area contributed by atoms with Gasteiger partial charge in [0.1, 0.15) is 5.76 Å². The lowest BCUT2D eigenvalue weighted by atomic mass is 9.94. The van der Waals surface area contributed by atoms with Crippen LogP contribution in [0.4, 0.5) is 0 Å². The average Bonchev–Trinajstić information content (AvgIpc) is 2.91. The summed E-state index contributed by atoms with van der Waals surface area (Å²) in [7, 11) is 0. The van der Waals surface area contributed by atoms with Crippen molar-refractivity contribution in [2.24, 2.45) is 5.92 Å². The Labute approximate surface area is 117 Å². The van der Waals surface area contributed by atoms with Crippen LogP contribution in [0.25, 0.3) is 0 Å². The predicted octanol–water partition coefficient (Wildman–Crippen LogP) is 2.92. The maximum atomic E-state index is 5.48. The minimum absolute atomic E-state index is 0.537. The van der Waals surface area contributed by atoms with Gasteiger partial charge in [-0.25, -0.2) is 0 Å². The van der Waals surface area contributed by atoms with E-state index in [-0.39, 0.29) is 0 Å². The zero-order valence-electron chi connectivity index (χ0n) is 12.7. The highest BCUT2D eigenvalue weighted by molar-refractivity contribution is 5.01. The van der Waals surface area contributed by atoms with Crippen LogP contribution in [0.5, 0.6) is 0 Å². The normalized spacial score (nSPS) is 28.2. The molecular weight excluding hydrogens is 236 g/mol. The van der Waals surface area contributed by atoms with Gasteiger partial charge in [-0.05, 0) is 31.9 Å². The molecular formula is C16H28N2O. The van der Waals surface area contributed by atoms with Crippen LogP contribution in [0.1, 0.15) is 39.9 Å². The van der Waals surface area contributed by atoms with Gasteiger partial charge in [-0.15, -0.1) is 0 Å². The summed E-state index contributed by atoms with van der Waals surface area (Å²) in [6.07, 6.45) is 4.02. The summed E-state index contributed by atoms with van der Waals surface area (Å²) in [6.45, 7) is 11.5. The molecule has 1 N–H and O–H groups in total. The van der Waals surface area contributed by atoms with E-state index in [1.165, 1.54) is 6.42 Å². The predicted molar refractivity (Wildman–Crippen MR) is 79.3 cm³/mol. The van der Waals surface area contributed by atoms with Gasteiger partial charge in [0.25, 0.3) is 0 Å². The fourth-order valence-electron chi connectivity index (χ4n) is 3.03. The van der Waals surface area contributed by atoms with Crippen LogP contribution in [0.2, 0.25) is 0 Å². The quantitative estimate of drug-likeness (QED) is 0.886. The van der Waals surface area contributed by atoms with Crippen molar-refractivity contribution in [3.8, 4) is 0 Å². The van der Waals surface area contributed by atoms with Crippen LogP contribution in [0.3, 0.4) is 0 Å². The van der Waals surface area contributed by atoms with Crippen molar-refractivity contribution in [3.05, 3.63) is 24.2 Å². The number of nitrogens with zero attached hydrogens (tertiary/aromatic N) is 1. The van der Waals surface area contributed by atoms with E-state index in [0.717, 1.165) is 31.2 Å². The van der Waals surface area contributed by atoms with Crippen LogP contribution in [0.15, 0.2) is 22.8 Å². The summed E-state index contributed by atoms with van der Waals surface area (Å²) in [5.41, 5.74) is 0. The fraction of sp³-hybridized carbons (Fsp3) is 0.750. The molecule has 1 fully saturated rings. The van der Waals surface area contributed by atoms with Crippen molar-refractivity contribution in [2.45, 2.75) is 58.7 Å². The molecule has 0 aliphatic carbocycles. The van der Waals surface area contributed by atoms with Crippen molar-refractivity contribution < 1.29 is 4.42 Å². The zero-order chi connectivity index (χ0) is 13.8. The van der Waals surface area contributed by atoms with Gasteiger partial charge in [0.15, 0.2) is 0 Å². The van der Waals surface area contributed by atoms with Crippen molar-refractivity contribution >= 4 is 0 Å². The molecule has 0 aromatic carbocycles. The molecule has 0 amide bonds. The lowest BCUT2D eigenvalue weighted by molar-refractivity contribution is 0.0798. The first-order chi connectivity index (χ1) is 9.11. The van der Waals surface area contributed by atoms with Crippen LogP contribution in [-0.4, -0.2) is 36.1 Å².